The first kappa shape index (κ1) is 15.5. The van der Waals surface area contributed by atoms with Crippen molar-refractivity contribution in [3.8, 4) is 0 Å². The van der Waals surface area contributed by atoms with Crippen molar-refractivity contribution in [2.75, 3.05) is 26.7 Å². The molecule has 0 spiro atoms. The third kappa shape index (κ3) is 3.82. The number of likely N-dealkylation sites (N-methyl/N-ethyl adjacent to an activating group) is 1. The molecule has 0 aromatic heterocycles. The van der Waals surface area contributed by atoms with Crippen LogP contribution in [-0.4, -0.2) is 53.5 Å². The van der Waals surface area contributed by atoms with E-state index < -0.39 is 0 Å². The van der Waals surface area contributed by atoms with Gasteiger partial charge in [0.15, 0.2) is 0 Å². The van der Waals surface area contributed by atoms with E-state index in [4.69, 9.17) is 5.11 Å². The van der Waals surface area contributed by atoms with Gasteiger partial charge in [0.05, 0.1) is 12.5 Å². The molecule has 114 valence electrons. The molecule has 1 atom stereocenters. The Morgan fingerprint density at radius 1 is 1.38 bits per heavy atom. The van der Waals surface area contributed by atoms with Crippen LogP contribution in [0.5, 0.6) is 0 Å². The number of aliphatic hydroxyl groups is 1. The van der Waals surface area contributed by atoms with Gasteiger partial charge in [-0.25, -0.2) is 0 Å². The maximum Gasteiger partial charge on any atom is 0.227 e. The number of likely N-dealkylation sites (tertiary alicyclic amines) is 1. The molecule has 2 amide bonds. The molecule has 1 fully saturated rings. The van der Waals surface area contributed by atoms with Crippen molar-refractivity contribution in [2.45, 2.75) is 19.9 Å². The predicted octanol–water partition coefficient (Wildman–Crippen LogP) is 0.794. The van der Waals surface area contributed by atoms with Gasteiger partial charge in [-0.1, -0.05) is 29.8 Å². The summed E-state index contributed by atoms with van der Waals surface area (Å²) in [6.45, 7) is 3.28. The Labute approximate surface area is 125 Å². The van der Waals surface area contributed by atoms with Crippen molar-refractivity contribution in [1.29, 1.82) is 0 Å². The summed E-state index contributed by atoms with van der Waals surface area (Å²) >= 11 is 0. The van der Waals surface area contributed by atoms with E-state index in [1.165, 1.54) is 10.5 Å². The molecule has 1 aromatic carbocycles. The molecule has 1 aliphatic rings. The molecule has 1 aliphatic heterocycles. The predicted molar refractivity (Wildman–Crippen MR) is 79.4 cm³/mol. The van der Waals surface area contributed by atoms with Crippen LogP contribution in [0, 0.1) is 12.8 Å². The average molecular weight is 290 g/mol. The second kappa shape index (κ2) is 6.72. The van der Waals surface area contributed by atoms with Gasteiger partial charge < -0.3 is 14.9 Å². The van der Waals surface area contributed by atoms with Crippen molar-refractivity contribution in [3.05, 3.63) is 35.4 Å². The van der Waals surface area contributed by atoms with E-state index in [0.717, 1.165) is 5.56 Å². The van der Waals surface area contributed by atoms with Gasteiger partial charge in [0, 0.05) is 33.1 Å². The summed E-state index contributed by atoms with van der Waals surface area (Å²) in [4.78, 5) is 27.4. The zero-order valence-electron chi connectivity index (χ0n) is 12.6. The van der Waals surface area contributed by atoms with Crippen LogP contribution in [-0.2, 0) is 16.1 Å². The molecular formula is C16H22N2O3. The first-order chi connectivity index (χ1) is 10.0. The molecule has 0 radical (unpaired) electrons. The highest BCUT2D eigenvalue weighted by Crippen LogP contribution is 2.22. The lowest BCUT2D eigenvalue weighted by atomic mass is 10.1. The van der Waals surface area contributed by atoms with Crippen LogP contribution in [0.3, 0.4) is 0 Å². The topological polar surface area (TPSA) is 60.9 Å². The Morgan fingerprint density at radius 2 is 2.05 bits per heavy atom. The monoisotopic (exact) mass is 290 g/mol. The molecule has 1 saturated heterocycles. The van der Waals surface area contributed by atoms with Crippen LogP contribution in [0.2, 0.25) is 0 Å². The lowest BCUT2D eigenvalue weighted by Gasteiger charge is -2.20. The number of carbonyl (C=O) groups is 2. The van der Waals surface area contributed by atoms with Crippen LogP contribution in [0.15, 0.2) is 24.3 Å². The standard InChI is InChI=1S/C16H22N2O3/c1-12-3-5-13(6-4-12)10-18-11-14(9-15(18)20)16(21)17(2)7-8-19/h3-6,14,19H,7-11H2,1-2H3. The fourth-order valence-electron chi connectivity index (χ4n) is 2.58. The highest BCUT2D eigenvalue weighted by atomic mass is 16.3. The van der Waals surface area contributed by atoms with Gasteiger partial charge in [0.1, 0.15) is 0 Å². The van der Waals surface area contributed by atoms with Gasteiger partial charge in [-0.2, -0.15) is 0 Å². The molecule has 0 bridgehead atoms. The van der Waals surface area contributed by atoms with Crippen LogP contribution in [0.4, 0.5) is 0 Å². The van der Waals surface area contributed by atoms with E-state index in [9.17, 15) is 9.59 Å². The number of rotatable bonds is 5. The lowest BCUT2D eigenvalue weighted by molar-refractivity contribution is -0.135. The number of hydrogen-bond donors (Lipinski definition) is 1. The summed E-state index contributed by atoms with van der Waals surface area (Å²) in [6.07, 6.45) is 0.264. The second-order valence-electron chi connectivity index (χ2n) is 5.64. The summed E-state index contributed by atoms with van der Waals surface area (Å²) < 4.78 is 0. The SMILES string of the molecule is Cc1ccc(CN2CC(C(=O)N(C)CCO)CC2=O)cc1. The third-order valence-electron chi connectivity index (χ3n) is 3.87. The van der Waals surface area contributed by atoms with E-state index >= 15 is 0 Å². The van der Waals surface area contributed by atoms with E-state index in [2.05, 4.69) is 0 Å². The molecule has 1 heterocycles. The molecule has 21 heavy (non-hydrogen) atoms. The van der Waals surface area contributed by atoms with Crippen molar-refractivity contribution < 1.29 is 14.7 Å². The van der Waals surface area contributed by atoms with E-state index in [1.807, 2.05) is 31.2 Å². The summed E-state index contributed by atoms with van der Waals surface area (Å²) in [7, 11) is 1.66. The number of hydrogen-bond acceptors (Lipinski definition) is 3. The van der Waals surface area contributed by atoms with Crippen molar-refractivity contribution in [1.82, 2.24) is 9.80 Å². The van der Waals surface area contributed by atoms with Gasteiger partial charge >= 0.3 is 0 Å². The van der Waals surface area contributed by atoms with Gasteiger partial charge in [0.2, 0.25) is 11.8 Å². The minimum Gasteiger partial charge on any atom is -0.395 e. The largest absolute Gasteiger partial charge is 0.395 e. The Bertz CT molecular complexity index is 513. The second-order valence-corrected chi connectivity index (χ2v) is 5.64. The van der Waals surface area contributed by atoms with Crippen LogP contribution in [0.25, 0.3) is 0 Å². The zero-order chi connectivity index (χ0) is 15.4. The van der Waals surface area contributed by atoms with E-state index in [1.54, 1.807) is 11.9 Å². The average Bonchev–Trinajstić information content (AvgIpc) is 2.82. The Balaban J connectivity index is 1.96. The van der Waals surface area contributed by atoms with Crippen molar-refractivity contribution in [2.24, 2.45) is 5.92 Å². The molecule has 0 saturated carbocycles. The number of nitrogens with zero attached hydrogens (tertiary/aromatic N) is 2. The fourth-order valence-corrected chi connectivity index (χ4v) is 2.58. The number of carbonyl (C=O) groups excluding carboxylic acids is 2. The quantitative estimate of drug-likeness (QED) is 0.872. The highest BCUT2D eigenvalue weighted by molar-refractivity contribution is 5.89. The first-order valence-corrected chi connectivity index (χ1v) is 7.20. The molecule has 5 heteroatoms. The third-order valence-corrected chi connectivity index (χ3v) is 3.87. The number of benzene rings is 1. The summed E-state index contributed by atoms with van der Waals surface area (Å²) in [6, 6.07) is 8.06. The lowest BCUT2D eigenvalue weighted by Crippen LogP contribution is -2.36. The molecule has 1 N–H and O–H groups in total. The molecule has 5 nitrogen and oxygen atoms in total. The Kier molecular flexibility index (Phi) is 4.96. The smallest absolute Gasteiger partial charge is 0.227 e. The van der Waals surface area contributed by atoms with Gasteiger partial charge in [0.25, 0.3) is 0 Å². The fraction of sp³-hybridized carbons (Fsp3) is 0.500. The first-order valence-electron chi connectivity index (χ1n) is 7.20. The van der Waals surface area contributed by atoms with Crippen molar-refractivity contribution in [3.63, 3.8) is 0 Å². The normalized spacial score (nSPS) is 18.1. The maximum atomic E-state index is 12.2. The molecule has 1 aromatic rings. The van der Waals surface area contributed by atoms with Gasteiger partial charge in [-0.15, -0.1) is 0 Å². The van der Waals surface area contributed by atoms with Crippen molar-refractivity contribution >= 4 is 11.8 Å². The minimum atomic E-state index is -0.292. The molecule has 0 aliphatic carbocycles. The summed E-state index contributed by atoms with van der Waals surface area (Å²) in [5, 5.41) is 8.88. The van der Waals surface area contributed by atoms with E-state index in [0.29, 0.717) is 19.6 Å². The van der Waals surface area contributed by atoms with Crippen LogP contribution in [0.1, 0.15) is 17.5 Å². The Hall–Kier alpha value is -1.88. The van der Waals surface area contributed by atoms with Gasteiger partial charge in [-0.05, 0) is 12.5 Å². The molecule has 2 rings (SSSR count). The zero-order valence-corrected chi connectivity index (χ0v) is 12.6. The maximum absolute atomic E-state index is 12.2. The Morgan fingerprint density at radius 3 is 2.67 bits per heavy atom. The minimum absolute atomic E-state index is 0.0197. The van der Waals surface area contributed by atoms with Gasteiger partial charge in [-0.3, -0.25) is 9.59 Å². The summed E-state index contributed by atoms with van der Waals surface area (Å²) in [5.74, 6) is -0.338. The summed E-state index contributed by atoms with van der Waals surface area (Å²) in [5.41, 5.74) is 2.26. The molecular weight excluding hydrogens is 268 g/mol. The van der Waals surface area contributed by atoms with E-state index in [-0.39, 0.29) is 30.8 Å². The van der Waals surface area contributed by atoms with Crippen LogP contribution < -0.4 is 0 Å². The van der Waals surface area contributed by atoms with Crippen LogP contribution >= 0.6 is 0 Å². The number of aryl methyl sites for hydroxylation is 1. The highest BCUT2D eigenvalue weighted by Gasteiger charge is 2.35. The molecule has 1 unspecified atom stereocenters. The number of aliphatic hydroxyl groups excluding tert-OH is 1. The number of amides is 2.